The molecule has 1 saturated heterocycles. The summed E-state index contributed by atoms with van der Waals surface area (Å²) in [5.74, 6) is -2.03. The standard InChI is InChI=1S/C26H30F3N3O6S/c1-2-9-32(25(35)12-17-6-7-23-21(11-17)30-24(34)16-39(23,36)37)22(15-31-10-8-19(33)14-31)18-4-3-5-20(13-18)38-26(27,28)29/h3-7,11,13,19,22,33H,2,8-10,12,14-16H2,1H3,(H,30,34)/t19-,22+/m0/s1. The third kappa shape index (κ3) is 7.28. The number of amides is 2. The van der Waals surface area contributed by atoms with E-state index in [1.54, 1.807) is 11.0 Å². The number of ether oxygens (including phenoxy) is 1. The molecule has 0 spiro atoms. The summed E-state index contributed by atoms with van der Waals surface area (Å²) in [6.07, 6.45) is -4.40. The fraction of sp³-hybridized carbons (Fsp3) is 0.462. The SMILES string of the molecule is CCCN(C(=O)Cc1ccc2c(c1)NC(=O)CS2(=O)=O)[C@H](CN1CC[C@H](O)C1)c1cccc(OC(F)(F)F)c1. The number of carbonyl (C=O) groups excluding carboxylic acids is 2. The minimum absolute atomic E-state index is 0.0179. The molecule has 4 rings (SSSR count). The Hall–Kier alpha value is -3.16. The molecule has 2 aromatic rings. The molecule has 2 atom stereocenters. The van der Waals surface area contributed by atoms with Crippen LogP contribution in [0.3, 0.4) is 0 Å². The first-order valence-corrected chi connectivity index (χ1v) is 14.2. The van der Waals surface area contributed by atoms with Gasteiger partial charge in [-0.25, -0.2) is 8.42 Å². The molecule has 2 aromatic carbocycles. The smallest absolute Gasteiger partial charge is 0.406 e. The fourth-order valence-corrected chi connectivity index (χ4v) is 6.28. The monoisotopic (exact) mass is 569 g/mol. The number of anilines is 1. The summed E-state index contributed by atoms with van der Waals surface area (Å²) in [4.78, 5) is 29.0. The molecule has 2 amide bonds. The molecule has 2 aliphatic rings. The highest BCUT2D eigenvalue weighted by Crippen LogP contribution is 2.32. The Kier molecular flexibility index (Phi) is 8.52. The van der Waals surface area contributed by atoms with Crippen LogP contribution in [-0.4, -0.2) is 79.5 Å². The first kappa shape index (κ1) is 28.8. The van der Waals surface area contributed by atoms with Crippen LogP contribution in [0.5, 0.6) is 5.75 Å². The van der Waals surface area contributed by atoms with Crippen LogP contribution in [0.4, 0.5) is 18.9 Å². The number of sulfone groups is 1. The normalized spacial score (nSPS) is 19.7. The Labute approximate surface area is 224 Å². The molecule has 2 aliphatic heterocycles. The lowest BCUT2D eigenvalue weighted by atomic mass is 10.0. The lowest BCUT2D eigenvalue weighted by Crippen LogP contribution is -2.42. The Morgan fingerprint density at radius 2 is 2.03 bits per heavy atom. The number of fused-ring (bicyclic) bond motifs is 1. The van der Waals surface area contributed by atoms with Crippen molar-refractivity contribution in [3.8, 4) is 5.75 Å². The van der Waals surface area contributed by atoms with E-state index in [9.17, 15) is 36.3 Å². The first-order chi connectivity index (χ1) is 18.3. The highest BCUT2D eigenvalue weighted by atomic mass is 32.2. The topological polar surface area (TPSA) is 116 Å². The van der Waals surface area contributed by atoms with E-state index in [-0.39, 0.29) is 29.5 Å². The molecule has 0 saturated carbocycles. The number of likely N-dealkylation sites (tertiary alicyclic amines) is 1. The lowest BCUT2D eigenvalue weighted by Gasteiger charge is -2.35. The van der Waals surface area contributed by atoms with Gasteiger partial charge in [0.25, 0.3) is 0 Å². The second-order valence-electron chi connectivity index (χ2n) is 9.74. The van der Waals surface area contributed by atoms with Crippen LogP contribution < -0.4 is 10.1 Å². The number of rotatable bonds is 9. The summed E-state index contributed by atoms with van der Waals surface area (Å²) in [6.45, 7) is 3.42. The van der Waals surface area contributed by atoms with Gasteiger partial charge in [0.05, 0.1) is 29.1 Å². The van der Waals surface area contributed by atoms with Crippen molar-refractivity contribution in [3.05, 3.63) is 53.6 Å². The molecule has 39 heavy (non-hydrogen) atoms. The second kappa shape index (κ2) is 11.5. The van der Waals surface area contributed by atoms with Crippen LogP contribution in [0.2, 0.25) is 0 Å². The minimum atomic E-state index is -4.87. The number of nitrogens with one attached hydrogen (secondary N) is 1. The van der Waals surface area contributed by atoms with Gasteiger partial charge in [0.15, 0.2) is 9.84 Å². The van der Waals surface area contributed by atoms with Crippen LogP contribution in [0, 0.1) is 0 Å². The molecule has 9 nitrogen and oxygen atoms in total. The maximum absolute atomic E-state index is 13.7. The second-order valence-corrected chi connectivity index (χ2v) is 11.7. The largest absolute Gasteiger partial charge is 0.573 e. The van der Waals surface area contributed by atoms with Gasteiger partial charge in [-0.2, -0.15) is 0 Å². The Morgan fingerprint density at radius 1 is 1.26 bits per heavy atom. The van der Waals surface area contributed by atoms with Gasteiger partial charge in [-0.1, -0.05) is 25.1 Å². The third-order valence-corrected chi connectivity index (χ3v) is 8.31. The van der Waals surface area contributed by atoms with Crippen molar-refractivity contribution in [2.45, 2.75) is 49.6 Å². The number of halogens is 3. The first-order valence-electron chi connectivity index (χ1n) is 12.6. The van der Waals surface area contributed by atoms with E-state index in [1.165, 1.54) is 36.4 Å². The van der Waals surface area contributed by atoms with E-state index in [0.29, 0.717) is 43.6 Å². The van der Waals surface area contributed by atoms with Gasteiger partial charge >= 0.3 is 6.36 Å². The number of hydrogen-bond donors (Lipinski definition) is 2. The van der Waals surface area contributed by atoms with Gasteiger partial charge < -0.3 is 20.1 Å². The van der Waals surface area contributed by atoms with Crippen molar-refractivity contribution in [3.63, 3.8) is 0 Å². The van der Waals surface area contributed by atoms with E-state index in [1.807, 2.05) is 11.8 Å². The van der Waals surface area contributed by atoms with E-state index >= 15 is 0 Å². The molecule has 13 heteroatoms. The molecule has 2 heterocycles. The Bertz CT molecular complexity index is 1330. The maximum Gasteiger partial charge on any atom is 0.573 e. The summed E-state index contributed by atoms with van der Waals surface area (Å²) < 4.78 is 67.5. The van der Waals surface area contributed by atoms with Crippen molar-refractivity contribution >= 4 is 27.3 Å². The molecule has 0 bridgehead atoms. The van der Waals surface area contributed by atoms with E-state index < -0.39 is 45.8 Å². The molecule has 212 valence electrons. The molecule has 1 fully saturated rings. The van der Waals surface area contributed by atoms with Gasteiger partial charge in [0.1, 0.15) is 11.5 Å². The summed E-state index contributed by atoms with van der Waals surface area (Å²) in [7, 11) is -3.77. The summed E-state index contributed by atoms with van der Waals surface area (Å²) in [5.41, 5.74) is 1.03. The lowest BCUT2D eigenvalue weighted by molar-refractivity contribution is -0.274. The number of aliphatic hydroxyl groups excluding tert-OH is 1. The van der Waals surface area contributed by atoms with Crippen molar-refractivity contribution in [1.82, 2.24) is 9.80 Å². The molecule has 0 aromatic heterocycles. The highest BCUT2D eigenvalue weighted by Gasteiger charge is 2.34. The zero-order valence-corrected chi connectivity index (χ0v) is 22.1. The Morgan fingerprint density at radius 3 is 2.69 bits per heavy atom. The van der Waals surface area contributed by atoms with Gasteiger partial charge in [-0.15, -0.1) is 13.2 Å². The van der Waals surface area contributed by atoms with Crippen LogP contribution in [-0.2, 0) is 25.8 Å². The van der Waals surface area contributed by atoms with Gasteiger partial charge in [0, 0.05) is 26.2 Å². The van der Waals surface area contributed by atoms with Crippen molar-refractivity contribution in [1.29, 1.82) is 0 Å². The summed E-state index contributed by atoms with van der Waals surface area (Å²) >= 11 is 0. The third-order valence-electron chi connectivity index (χ3n) is 6.65. The molecule has 0 radical (unpaired) electrons. The van der Waals surface area contributed by atoms with E-state index in [4.69, 9.17) is 0 Å². The average Bonchev–Trinajstić information content (AvgIpc) is 3.24. The summed E-state index contributed by atoms with van der Waals surface area (Å²) in [5, 5.41) is 12.5. The van der Waals surface area contributed by atoms with Gasteiger partial charge in [-0.05, 0) is 48.2 Å². The Balaban J connectivity index is 1.64. The quantitative estimate of drug-likeness (QED) is 0.477. The van der Waals surface area contributed by atoms with E-state index in [0.717, 1.165) is 0 Å². The van der Waals surface area contributed by atoms with Crippen molar-refractivity contribution in [2.75, 3.05) is 37.2 Å². The average molecular weight is 570 g/mol. The molecular weight excluding hydrogens is 539 g/mol. The zero-order valence-electron chi connectivity index (χ0n) is 21.3. The van der Waals surface area contributed by atoms with Gasteiger partial charge in [-0.3, -0.25) is 14.5 Å². The van der Waals surface area contributed by atoms with Crippen LogP contribution in [0.1, 0.15) is 36.9 Å². The maximum atomic E-state index is 13.7. The van der Waals surface area contributed by atoms with Crippen molar-refractivity contribution in [2.24, 2.45) is 0 Å². The van der Waals surface area contributed by atoms with Crippen LogP contribution in [0.25, 0.3) is 0 Å². The van der Waals surface area contributed by atoms with Crippen LogP contribution >= 0.6 is 0 Å². The fourth-order valence-electron chi connectivity index (χ4n) is 4.99. The summed E-state index contributed by atoms with van der Waals surface area (Å²) in [6, 6.07) is 9.21. The van der Waals surface area contributed by atoms with E-state index in [2.05, 4.69) is 10.1 Å². The number of nitrogens with zero attached hydrogens (tertiary/aromatic N) is 2. The highest BCUT2D eigenvalue weighted by molar-refractivity contribution is 7.92. The van der Waals surface area contributed by atoms with Crippen molar-refractivity contribution < 1.29 is 41.0 Å². The number of benzene rings is 2. The van der Waals surface area contributed by atoms with Gasteiger partial charge in [0.2, 0.25) is 11.8 Å². The predicted octanol–water partition coefficient (Wildman–Crippen LogP) is 2.90. The van der Waals surface area contributed by atoms with Crippen LogP contribution in [0.15, 0.2) is 47.4 Å². The number of aliphatic hydroxyl groups is 1. The number of hydrogen-bond acceptors (Lipinski definition) is 7. The molecular formula is C26H30F3N3O6S. The zero-order chi connectivity index (χ0) is 28.4. The number of β-amino-alcohol motifs (C(OH)–C–C–N with tert-alkyl or cyclic N) is 1. The molecule has 0 aliphatic carbocycles. The predicted molar refractivity (Wildman–Crippen MR) is 136 cm³/mol. The minimum Gasteiger partial charge on any atom is -0.406 e. The number of carbonyl (C=O) groups is 2. The molecule has 0 unspecified atom stereocenters. The number of alkyl halides is 3. The molecule has 2 N–H and O–H groups in total.